The summed E-state index contributed by atoms with van der Waals surface area (Å²) < 4.78 is 7.56. The number of hydrogen-bond acceptors (Lipinski definition) is 5. The van der Waals surface area contributed by atoms with Crippen LogP contribution in [0, 0.1) is 0 Å². The van der Waals surface area contributed by atoms with E-state index in [1.165, 1.54) is 0 Å². The average molecular weight is 346 g/mol. The fraction of sp³-hybridized carbons (Fsp3) is 0.211. The number of ether oxygens (including phenoxy) is 1. The second-order valence-corrected chi connectivity index (χ2v) is 6.62. The Balaban J connectivity index is 1.66. The summed E-state index contributed by atoms with van der Waals surface area (Å²) in [6, 6.07) is 10.1. The minimum Gasteiger partial charge on any atom is -0.492 e. The molecule has 1 aromatic carbocycles. The van der Waals surface area contributed by atoms with Crippen LogP contribution in [-0.2, 0) is 4.74 Å². The van der Waals surface area contributed by atoms with Gasteiger partial charge in [-0.3, -0.25) is 5.10 Å². The minimum atomic E-state index is 0.0759. The van der Waals surface area contributed by atoms with Crippen LogP contribution in [0.15, 0.2) is 55.1 Å². The SMILES string of the molecule is C=C1CN(c2nc(-c3ccc4[nH]ncc4c3)nn3cccc23)C[C@H](C)O1. The third-order valence-electron chi connectivity index (χ3n) is 4.58. The highest BCUT2D eigenvalue weighted by Crippen LogP contribution is 2.28. The summed E-state index contributed by atoms with van der Waals surface area (Å²) >= 11 is 0. The lowest BCUT2D eigenvalue weighted by molar-refractivity contribution is 0.114. The Kier molecular flexibility index (Phi) is 3.21. The van der Waals surface area contributed by atoms with E-state index < -0.39 is 0 Å². The van der Waals surface area contributed by atoms with E-state index >= 15 is 0 Å². The van der Waals surface area contributed by atoms with Gasteiger partial charge in [-0.1, -0.05) is 6.58 Å². The molecule has 7 nitrogen and oxygen atoms in total. The van der Waals surface area contributed by atoms with Crippen LogP contribution in [0.4, 0.5) is 5.82 Å². The number of nitrogens with one attached hydrogen (secondary N) is 1. The summed E-state index contributed by atoms with van der Waals surface area (Å²) in [5.74, 6) is 2.33. The highest BCUT2D eigenvalue weighted by atomic mass is 16.5. The monoisotopic (exact) mass is 346 g/mol. The number of H-pyrrole nitrogens is 1. The van der Waals surface area contributed by atoms with Gasteiger partial charge >= 0.3 is 0 Å². The van der Waals surface area contributed by atoms with E-state index in [-0.39, 0.29) is 6.10 Å². The number of hydrogen-bond donors (Lipinski definition) is 1. The smallest absolute Gasteiger partial charge is 0.182 e. The van der Waals surface area contributed by atoms with Gasteiger partial charge in [-0.2, -0.15) is 5.10 Å². The lowest BCUT2D eigenvalue weighted by atomic mass is 10.1. The summed E-state index contributed by atoms with van der Waals surface area (Å²) in [5, 5.41) is 12.8. The number of rotatable bonds is 2. The Labute approximate surface area is 149 Å². The Hall–Kier alpha value is -3.35. The molecule has 7 heteroatoms. The van der Waals surface area contributed by atoms with E-state index in [1.54, 1.807) is 0 Å². The second kappa shape index (κ2) is 5.59. The van der Waals surface area contributed by atoms with Gasteiger partial charge in [0.2, 0.25) is 0 Å². The normalized spacial score (nSPS) is 17.8. The number of aromatic nitrogens is 5. The molecule has 0 bridgehead atoms. The number of nitrogens with zero attached hydrogens (tertiary/aromatic N) is 5. The molecule has 0 unspecified atom stereocenters. The maximum atomic E-state index is 5.69. The lowest BCUT2D eigenvalue weighted by Gasteiger charge is -2.34. The van der Waals surface area contributed by atoms with Gasteiger partial charge in [-0.05, 0) is 37.3 Å². The number of benzene rings is 1. The van der Waals surface area contributed by atoms with Gasteiger partial charge in [0.1, 0.15) is 17.4 Å². The zero-order valence-corrected chi connectivity index (χ0v) is 14.4. The van der Waals surface area contributed by atoms with Crippen molar-refractivity contribution in [1.29, 1.82) is 0 Å². The quantitative estimate of drug-likeness (QED) is 0.604. The number of aromatic amines is 1. The molecule has 1 N–H and O–H groups in total. The van der Waals surface area contributed by atoms with E-state index in [2.05, 4.69) is 26.8 Å². The van der Waals surface area contributed by atoms with E-state index in [0.29, 0.717) is 12.4 Å². The van der Waals surface area contributed by atoms with Crippen molar-refractivity contribution in [2.75, 3.05) is 18.0 Å². The molecular formula is C19H18N6O. The summed E-state index contributed by atoms with van der Waals surface area (Å²) in [5.41, 5.74) is 2.92. The van der Waals surface area contributed by atoms with Crippen molar-refractivity contribution in [2.24, 2.45) is 0 Å². The molecule has 0 radical (unpaired) electrons. The van der Waals surface area contributed by atoms with Crippen LogP contribution in [-0.4, -0.2) is 44.0 Å². The molecule has 130 valence electrons. The molecule has 1 aliphatic heterocycles. The molecule has 4 aromatic rings. The first-order valence-electron chi connectivity index (χ1n) is 8.56. The standard InChI is InChI=1S/C19H18N6O/c1-12-10-24(11-13(2)26-12)19-17-4-3-7-25(17)23-18(21-19)14-5-6-16-15(8-14)9-20-22-16/h3-9,13H,1,10-11H2,2H3,(H,20,22)/t13-/m0/s1. The summed E-state index contributed by atoms with van der Waals surface area (Å²) in [4.78, 5) is 7.10. The fourth-order valence-electron chi connectivity index (χ4n) is 3.46. The van der Waals surface area contributed by atoms with Crippen LogP contribution < -0.4 is 4.90 Å². The molecule has 4 heterocycles. The van der Waals surface area contributed by atoms with Crippen molar-refractivity contribution in [3.05, 3.63) is 55.1 Å². The van der Waals surface area contributed by atoms with Gasteiger partial charge < -0.3 is 9.64 Å². The lowest BCUT2D eigenvalue weighted by Crippen LogP contribution is -2.40. The molecule has 1 atom stereocenters. The molecule has 0 spiro atoms. The zero-order chi connectivity index (χ0) is 17.7. The summed E-state index contributed by atoms with van der Waals surface area (Å²) in [7, 11) is 0. The molecule has 1 saturated heterocycles. The van der Waals surface area contributed by atoms with Crippen LogP contribution in [0.1, 0.15) is 6.92 Å². The summed E-state index contributed by atoms with van der Waals surface area (Å²) in [6.07, 6.45) is 3.83. The summed E-state index contributed by atoms with van der Waals surface area (Å²) in [6.45, 7) is 7.42. The third-order valence-corrected chi connectivity index (χ3v) is 4.58. The number of morpholine rings is 1. The maximum Gasteiger partial charge on any atom is 0.182 e. The first kappa shape index (κ1) is 14.9. The van der Waals surface area contributed by atoms with Crippen molar-refractivity contribution in [1.82, 2.24) is 24.8 Å². The van der Waals surface area contributed by atoms with Crippen LogP contribution in [0.3, 0.4) is 0 Å². The van der Waals surface area contributed by atoms with Crippen molar-refractivity contribution >= 4 is 22.2 Å². The third kappa shape index (κ3) is 2.40. The van der Waals surface area contributed by atoms with Crippen molar-refractivity contribution in [3.8, 4) is 11.4 Å². The topological polar surface area (TPSA) is 71.3 Å². The molecular weight excluding hydrogens is 328 g/mol. The van der Waals surface area contributed by atoms with Gasteiger partial charge in [-0.25, -0.2) is 9.50 Å². The van der Waals surface area contributed by atoms with Crippen molar-refractivity contribution in [2.45, 2.75) is 13.0 Å². The van der Waals surface area contributed by atoms with E-state index in [0.717, 1.165) is 40.1 Å². The molecule has 1 aliphatic rings. The highest BCUT2D eigenvalue weighted by Gasteiger charge is 2.24. The highest BCUT2D eigenvalue weighted by molar-refractivity contribution is 5.83. The van der Waals surface area contributed by atoms with Gasteiger partial charge in [-0.15, -0.1) is 5.10 Å². The van der Waals surface area contributed by atoms with Gasteiger partial charge in [0.25, 0.3) is 0 Å². The van der Waals surface area contributed by atoms with Crippen LogP contribution in [0.25, 0.3) is 27.8 Å². The van der Waals surface area contributed by atoms with E-state index in [4.69, 9.17) is 9.72 Å². The predicted molar refractivity (Wildman–Crippen MR) is 100.0 cm³/mol. The van der Waals surface area contributed by atoms with Crippen molar-refractivity contribution in [3.63, 3.8) is 0 Å². The van der Waals surface area contributed by atoms with Gasteiger partial charge in [0, 0.05) is 17.1 Å². The van der Waals surface area contributed by atoms with Crippen LogP contribution >= 0.6 is 0 Å². The molecule has 0 saturated carbocycles. The average Bonchev–Trinajstić information content (AvgIpc) is 3.28. The van der Waals surface area contributed by atoms with Crippen LogP contribution in [0.5, 0.6) is 0 Å². The minimum absolute atomic E-state index is 0.0759. The predicted octanol–water partition coefficient (Wildman–Crippen LogP) is 3.01. The second-order valence-electron chi connectivity index (χ2n) is 6.62. The largest absolute Gasteiger partial charge is 0.492 e. The Morgan fingerprint density at radius 2 is 2.23 bits per heavy atom. The Morgan fingerprint density at radius 3 is 3.12 bits per heavy atom. The molecule has 3 aromatic heterocycles. The fourth-order valence-corrected chi connectivity index (χ4v) is 3.46. The molecule has 1 fully saturated rings. The first-order chi connectivity index (χ1) is 12.7. The first-order valence-corrected chi connectivity index (χ1v) is 8.56. The van der Waals surface area contributed by atoms with Gasteiger partial charge in [0.05, 0.1) is 24.8 Å². The molecule has 0 amide bonds. The molecule has 26 heavy (non-hydrogen) atoms. The Bertz CT molecular complexity index is 1130. The van der Waals surface area contributed by atoms with Crippen LogP contribution in [0.2, 0.25) is 0 Å². The van der Waals surface area contributed by atoms with Crippen molar-refractivity contribution < 1.29 is 4.74 Å². The molecule has 5 rings (SSSR count). The maximum absolute atomic E-state index is 5.69. The zero-order valence-electron chi connectivity index (χ0n) is 14.4. The van der Waals surface area contributed by atoms with E-state index in [9.17, 15) is 0 Å². The number of anilines is 1. The van der Waals surface area contributed by atoms with Gasteiger partial charge in [0.15, 0.2) is 11.6 Å². The van der Waals surface area contributed by atoms with E-state index in [1.807, 2.05) is 54.2 Å². The molecule has 0 aliphatic carbocycles. The Morgan fingerprint density at radius 1 is 1.31 bits per heavy atom. The number of fused-ring (bicyclic) bond motifs is 2.